The number of carbonyl (C=O) groups is 2. The fourth-order valence-electron chi connectivity index (χ4n) is 1.24. The number of hydrogen-bond donors (Lipinski definition) is 3. The highest BCUT2D eigenvalue weighted by Gasteiger charge is 2.11. The van der Waals surface area contributed by atoms with E-state index in [0.29, 0.717) is 16.7 Å². The summed E-state index contributed by atoms with van der Waals surface area (Å²) in [5.41, 5.74) is 0.0217. The first-order valence-corrected chi connectivity index (χ1v) is 5.76. The minimum Gasteiger partial charge on any atom is -0.478 e. The number of carboxylic acids is 2. The molecule has 0 fully saturated rings. The van der Waals surface area contributed by atoms with Gasteiger partial charge in [0.05, 0.1) is 5.57 Å². The van der Waals surface area contributed by atoms with Crippen molar-refractivity contribution >= 4 is 29.1 Å². The molecule has 7 heteroatoms. The summed E-state index contributed by atoms with van der Waals surface area (Å²) >= 11 is 5.62. The zero-order valence-corrected chi connectivity index (χ0v) is 10.9. The van der Waals surface area contributed by atoms with Crippen LogP contribution in [-0.2, 0) is 9.59 Å². The zero-order valence-electron chi connectivity index (χ0n) is 10.2. The Balaban J connectivity index is 0.000000333. The van der Waals surface area contributed by atoms with Gasteiger partial charge in [-0.1, -0.05) is 23.7 Å². The molecule has 0 aliphatic heterocycles. The number of rotatable bonds is 3. The molecule has 0 amide bonds. The van der Waals surface area contributed by atoms with Gasteiger partial charge in [0.2, 0.25) is 0 Å². The number of aromatic amines is 1. The summed E-state index contributed by atoms with van der Waals surface area (Å²) in [6, 6.07) is 7.72. The summed E-state index contributed by atoms with van der Waals surface area (Å²) in [6.07, 6.45) is 4.10. The van der Waals surface area contributed by atoms with Gasteiger partial charge >= 0.3 is 11.9 Å². The Morgan fingerprint density at radius 2 is 1.85 bits per heavy atom. The monoisotopic (exact) mass is 294 g/mol. The van der Waals surface area contributed by atoms with Crippen LogP contribution in [0.2, 0.25) is 5.02 Å². The van der Waals surface area contributed by atoms with Gasteiger partial charge < -0.3 is 10.2 Å². The number of nitrogens with one attached hydrogen (secondary N) is 1. The molecule has 20 heavy (non-hydrogen) atoms. The van der Waals surface area contributed by atoms with Crippen LogP contribution in [0.25, 0.3) is 5.57 Å². The van der Waals surface area contributed by atoms with Crippen LogP contribution in [0, 0.1) is 0 Å². The molecule has 0 spiro atoms. The predicted molar refractivity (Wildman–Crippen MR) is 73.3 cm³/mol. The van der Waals surface area contributed by atoms with Gasteiger partial charge in [0, 0.05) is 23.5 Å². The Morgan fingerprint density at radius 3 is 2.20 bits per heavy atom. The Labute approximate surface area is 119 Å². The number of aliphatic carboxylic acids is 2. The number of aromatic nitrogens is 2. The Hall–Kier alpha value is -2.60. The molecule has 0 radical (unpaired) electrons. The molecule has 1 aromatic heterocycles. The van der Waals surface area contributed by atoms with Crippen molar-refractivity contribution in [3.8, 4) is 0 Å². The van der Waals surface area contributed by atoms with Crippen LogP contribution in [0.15, 0.2) is 48.8 Å². The van der Waals surface area contributed by atoms with Gasteiger partial charge in [0.25, 0.3) is 0 Å². The third-order valence-corrected chi connectivity index (χ3v) is 2.31. The summed E-state index contributed by atoms with van der Waals surface area (Å²) in [5, 5.41) is 23.9. The van der Waals surface area contributed by atoms with E-state index in [1.54, 1.807) is 12.4 Å². The molecule has 0 unspecified atom stereocenters. The zero-order chi connectivity index (χ0) is 15.0. The van der Waals surface area contributed by atoms with Crippen molar-refractivity contribution in [2.45, 2.75) is 0 Å². The van der Waals surface area contributed by atoms with Gasteiger partial charge in [-0.25, -0.2) is 9.59 Å². The molecule has 0 saturated carbocycles. The first-order valence-electron chi connectivity index (χ1n) is 5.38. The summed E-state index contributed by atoms with van der Waals surface area (Å²) in [5.74, 6) is -2.60. The summed E-state index contributed by atoms with van der Waals surface area (Å²) in [4.78, 5) is 21.1. The van der Waals surface area contributed by atoms with Gasteiger partial charge in [-0.05, 0) is 23.8 Å². The van der Waals surface area contributed by atoms with Crippen LogP contribution < -0.4 is 0 Å². The van der Waals surface area contributed by atoms with Gasteiger partial charge in [-0.2, -0.15) is 5.10 Å². The molecule has 2 aromatic rings. The third kappa shape index (κ3) is 5.36. The number of hydrogen-bond acceptors (Lipinski definition) is 3. The lowest BCUT2D eigenvalue weighted by atomic mass is 10.1. The van der Waals surface area contributed by atoms with E-state index in [1.165, 1.54) is 24.3 Å². The number of carboxylic acid groups (broad SMARTS) is 2. The minimum atomic E-state index is -1.30. The van der Waals surface area contributed by atoms with E-state index < -0.39 is 11.9 Å². The van der Waals surface area contributed by atoms with Crippen molar-refractivity contribution in [2.24, 2.45) is 0 Å². The number of H-pyrrole nitrogens is 1. The average Bonchev–Trinajstić information content (AvgIpc) is 2.96. The summed E-state index contributed by atoms with van der Waals surface area (Å²) in [6.45, 7) is 0. The molecule has 104 valence electrons. The van der Waals surface area contributed by atoms with Crippen LogP contribution in [0.1, 0.15) is 5.56 Å². The molecule has 3 N–H and O–H groups in total. The standard InChI is InChI=1S/C10H7ClO4.C3H4N2/c11-7-3-1-6(2-4-7)8(10(14)15)5-9(12)13;1-2-4-5-3-1/h1-5H,(H,12,13)(H,14,15);1-3H,(H,4,5)/b8-5+;. The molecule has 1 heterocycles. The van der Waals surface area contributed by atoms with Crippen LogP contribution in [0.4, 0.5) is 0 Å². The molecule has 0 atom stereocenters. The van der Waals surface area contributed by atoms with Gasteiger partial charge in [-0.3, -0.25) is 5.10 Å². The highest BCUT2D eigenvalue weighted by molar-refractivity contribution is 6.30. The van der Waals surface area contributed by atoms with E-state index in [-0.39, 0.29) is 5.57 Å². The van der Waals surface area contributed by atoms with Crippen LogP contribution in [0.5, 0.6) is 0 Å². The fourth-order valence-corrected chi connectivity index (χ4v) is 1.36. The van der Waals surface area contributed by atoms with Gasteiger partial charge in [0.15, 0.2) is 0 Å². The number of nitrogens with zero attached hydrogens (tertiary/aromatic N) is 1. The lowest BCUT2D eigenvalue weighted by Crippen LogP contribution is -2.02. The van der Waals surface area contributed by atoms with E-state index >= 15 is 0 Å². The van der Waals surface area contributed by atoms with Crippen molar-refractivity contribution in [1.29, 1.82) is 0 Å². The second-order valence-corrected chi connectivity index (χ2v) is 3.91. The smallest absolute Gasteiger partial charge is 0.336 e. The highest BCUT2D eigenvalue weighted by atomic mass is 35.5. The maximum atomic E-state index is 10.8. The topological polar surface area (TPSA) is 103 Å². The Kier molecular flexibility index (Phi) is 5.99. The highest BCUT2D eigenvalue weighted by Crippen LogP contribution is 2.17. The first kappa shape index (κ1) is 15.5. The van der Waals surface area contributed by atoms with E-state index in [9.17, 15) is 9.59 Å². The first-order chi connectivity index (χ1) is 9.50. The maximum absolute atomic E-state index is 10.8. The SMILES string of the molecule is O=C(O)/C=C(/C(=O)O)c1ccc(Cl)cc1.c1cn[nH]c1. The van der Waals surface area contributed by atoms with Crippen LogP contribution >= 0.6 is 11.6 Å². The minimum absolute atomic E-state index is 0.279. The lowest BCUT2D eigenvalue weighted by molar-refractivity contribution is -0.133. The van der Waals surface area contributed by atoms with Crippen molar-refractivity contribution in [2.75, 3.05) is 0 Å². The Bertz CT molecular complexity index is 574. The predicted octanol–water partition coefficient (Wildman–Crippen LogP) is 2.30. The van der Waals surface area contributed by atoms with Gasteiger partial charge in [0.1, 0.15) is 0 Å². The van der Waals surface area contributed by atoms with Crippen molar-refractivity contribution in [3.05, 3.63) is 59.4 Å². The molecular formula is C13H11ClN2O4. The van der Waals surface area contributed by atoms with Crippen LogP contribution in [0.3, 0.4) is 0 Å². The number of halogens is 1. The maximum Gasteiger partial charge on any atom is 0.336 e. The van der Waals surface area contributed by atoms with Crippen molar-refractivity contribution < 1.29 is 19.8 Å². The van der Waals surface area contributed by atoms with Crippen LogP contribution in [-0.4, -0.2) is 32.3 Å². The fraction of sp³-hybridized carbons (Fsp3) is 0. The molecular weight excluding hydrogens is 284 g/mol. The molecule has 6 nitrogen and oxygen atoms in total. The molecule has 2 rings (SSSR count). The second kappa shape index (κ2) is 7.75. The second-order valence-electron chi connectivity index (χ2n) is 3.47. The Morgan fingerprint density at radius 1 is 1.20 bits per heavy atom. The van der Waals surface area contributed by atoms with E-state index in [2.05, 4.69) is 10.2 Å². The quantitative estimate of drug-likeness (QED) is 0.754. The van der Waals surface area contributed by atoms with E-state index in [4.69, 9.17) is 21.8 Å². The largest absolute Gasteiger partial charge is 0.478 e. The molecule has 0 saturated heterocycles. The van der Waals surface area contributed by atoms with E-state index in [0.717, 1.165) is 0 Å². The molecule has 0 aliphatic rings. The summed E-state index contributed by atoms with van der Waals surface area (Å²) in [7, 11) is 0. The molecule has 1 aromatic carbocycles. The third-order valence-electron chi connectivity index (χ3n) is 2.06. The summed E-state index contributed by atoms with van der Waals surface area (Å²) < 4.78 is 0. The molecule has 0 aliphatic carbocycles. The lowest BCUT2D eigenvalue weighted by Gasteiger charge is -2.01. The van der Waals surface area contributed by atoms with Crippen molar-refractivity contribution in [3.63, 3.8) is 0 Å². The molecule has 0 bridgehead atoms. The van der Waals surface area contributed by atoms with E-state index in [1.807, 2.05) is 6.07 Å². The average molecular weight is 295 g/mol. The normalized spacial score (nSPS) is 10.3. The number of benzene rings is 1. The van der Waals surface area contributed by atoms with Crippen molar-refractivity contribution in [1.82, 2.24) is 10.2 Å². The van der Waals surface area contributed by atoms with Gasteiger partial charge in [-0.15, -0.1) is 0 Å².